The number of ketones is 1. The van der Waals surface area contributed by atoms with E-state index in [4.69, 9.17) is 9.16 Å². The summed E-state index contributed by atoms with van der Waals surface area (Å²) in [6, 6.07) is 8.59. The molecule has 0 saturated carbocycles. The summed E-state index contributed by atoms with van der Waals surface area (Å²) in [5.41, 5.74) is 0.877. The predicted octanol–water partition coefficient (Wildman–Crippen LogP) is 5.59. The van der Waals surface area contributed by atoms with Gasteiger partial charge in [-0.1, -0.05) is 71.9 Å². The highest BCUT2D eigenvalue weighted by molar-refractivity contribution is 8.00. The second-order valence-electron chi connectivity index (χ2n) is 9.67. The van der Waals surface area contributed by atoms with Crippen LogP contribution < -0.4 is 5.69 Å². The third-order valence-electron chi connectivity index (χ3n) is 6.62. The van der Waals surface area contributed by atoms with Crippen LogP contribution in [0.1, 0.15) is 63.0 Å². The van der Waals surface area contributed by atoms with E-state index in [2.05, 4.69) is 46.5 Å². The quantitative estimate of drug-likeness (QED) is 0.309. The van der Waals surface area contributed by atoms with Crippen molar-refractivity contribution < 1.29 is 18.3 Å². The van der Waals surface area contributed by atoms with Crippen molar-refractivity contribution in [1.29, 1.82) is 0 Å². The van der Waals surface area contributed by atoms with Gasteiger partial charge in [0.15, 0.2) is 19.9 Å². The van der Waals surface area contributed by atoms with Crippen molar-refractivity contribution in [3.63, 3.8) is 0 Å². The van der Waals surface area contributed by atoms with Gasteiger partial charge in [-0.15, -0.1) is 11.8 Å². The molecule has 3 rings (SSSR count). The minimum atomic E-state index is -2.03. The normalized spacial score (nSPS) is 18.9. The third kappa shape index (κ3) is 5.70. The van der Waals surface area contributed by atoms with Crippen LogP contribution in [0.4, 0.5) is 4.39 Å². The zero-order valence-corrected chi connectivity index (χ0v) is 22.6. The molecule has 0 aliphatic carbocycles. The molecule has 34 heavy (non-hydrogen) atoms. The molecule has 0 radical (unpaired) electrons. The summed E-state index contributed by atoms with van der Waals surface area (Å²) in [5, 5.41) is -0.393. The van der Waals surface area contributed by atoms with Crippen LogP contribution in [0.25, 0.3) is 0 Å². The number of rotatable bonds is 10. The van der Waals surface area contributed by atoms with Crippen molar-refractivity contribution in [3.8, 4) is 0 Å². The number of Topliss-reactive ketones (excluding diaryl/α,β-unsaturated/α-hetero) is 1. The Hall–Kier alpha value is -1.81. The Bertz CT molecular complexity index is 1020. The Morgan fingerprint density at radius 2 is 1.79 bits per heavy atom. The molecule has 0 spiro atoms. The standard InChI is InChI=1S/C25H35FN2O4SSi/c1-16(2)34(17(3)4,18(5)6)32-15-24-31-14-23(33-24)28-13-20(26)21(27-25(28)30)12-22(29)19-10-8-7-9-11-19/h7-11,13,16-18,23-24H,12,14-15H2,1-6H3/t23-,24-/m1/s1. The fourth-order valence-electron chi connectivity index (χ4n) is 5.08. The smallest absolute Gasteiger partial charge is 0.349 e. The third-order valence-corrected chi connectivity index (χ3v) is 14.0. The highest BCUT2D eigenvalue weighted by Crippen LogP contribution is 2.43. The summed E-state index contributed by atoms with van der Waals surface area (Å²) >= 11 is 1.44. The van der Waals surface area contributed by atoms with Crippen LogP contribution in [0.5, 0.6) is 0 Å². The van der Waals surface area contributed by atoms with Crippen LogP contribution in [-0.4, -0.2) is 42.3 Å². The van der Waals surface area contributed by atoms with Gasteiger partial charge < -0.3 is 9.16 Å². The summed E-state index contributed by atoms with van der Waals surface area (Å²) in [5.74, 6) is -0.955. The van der Waals surface area contributed by atoms with E-state index in [0.29, 0.717) is 28.8 Å². The number of nitrogens with zero attached hydrogens (tertiary/aromatic N) is 2. The lowest BCUT2D eigenvalue weighted by Gasteiger charge is -2.42. The van der Waals surface area contributed by atoms with E-state index < -0.39 is 25.2 Å². The largest absolute Gasteiger partial charge is 0.412 e. The topological polar surface area (TPSA) is 70.4 Å². The Morgan fingerprint density at radius 1 is 1.18 bits per heavy atom. The first-order chi connectivity index (χ1) is 16.1. The molecular formula is C25H35FN2O4SSi. The maximum atomic E-state index is 14.8. The molecule has 186 valence electrons. The summed E-state index contributed by atoms with van der Waals surface area (Å²) in [4.78, 5) is 29.0. The maximum absolute atomic E-state index is 14.8. The van der Waals surface area contributed by atoms with Crippen LogP contribution in [0, 0.1) is 5.82 Å². The summed E-state index contributed by atoms with van der Waals surface area (Å²) in [6.45, 7) is 14.1. The number of carbonyl (C=O) groups is 1. The monoisotopic (exact) mass is 506 g/mol. The van der Waals surface area contributed by atoms with E-state index in [9.17, 15) is 14.0 Å². The van der Waals surface area contributed by atoms with Crippen LogP contribution >= 0.6 is 11.8 Å². The number of thioether (sulfide) groups is 1. The van der Waals surface area contributed by atoms with E-state index >= 15 is 0 Å². The van der Waals surface area contributed by atoms with Crippen molar-refractivity contribution in [1.82, 2.24) is 9.55 Å². The molecular weight excluding hydrogens is 471 g/mol. The van der Waals surface area contributed by atoms with Crippen molar-refractivity contribution >= 4 is 25.9 Å². The lowest BCUT2D eigenvalue weighted by atomic mass is 10.1. The number of hydrogen-bond donors (Lipinski definition) is 0. The molecule has 0 unspecified atom stereocenters. The molecule has 2 aromatic rings. The first-order valence-corrected chi connectivity index (χ1v) is 14.9. The molecule has 1 aromatic carbocycles. The second-order valence-corrected chi connectivity index (χ2v) is 16.5. The fraction of sp³-hybridized carbons (Fsp3) is 0.560. The van der Waals surface area contributed by atoms with Crippen molar-refractivity contribution in [2.75, 3.05) is 13.2 Å². The average Bonchev–Trinajstić information content (AvgIpc) is 3.25. The molecule has 9 heteroatoms. The second kappa shape index (κ2) is 11.3. The lowest BCUT2D eigenvalue weighted by molar-refractivity contribution is 0.0818. The van der Waals surface area contributed by atoms with E-state index in [-0.39, 0.29) is 29.9 Å². The van der Waals surface area contributed by atoms with Gasteiger partial charge in [-0.05, 0) is 16.6 Å². The van der Waals surface area contributed by atoms with Gasteiger partial charge >= 0.3 is 5.69 Å². The van der Waals surface area contributed by atoms with E-state index in [1.807, 2.05) is 0 Å². The van der Waals surface area contributed by atoms with Gasteiger partial charge in [-0.3, -0.25) is 9.36 Å². The molecule has 1 aliphatic rings. The minimum absolute atomic E-state index is 0.138. The average molecular weight is 507 g/mol. The molecule has 0 N–H and O–H groups in total. The summed E-state index contributed by atoms with van der Waals surface area (Å²) in [7, 11) is -2.03. The molecule has 0 bridgehead atoms. The van der Waals surface area contributed by atoms with Crippen molar-refractivity contribution in [3.05, 3.63) is 64.1 Å². The SMILES string of the molecule is CC(C)[Si](OC[C@@H]1OC[C@H](n2cc(F)c(CC(=O)c3ccccc3)nc2=O)S1)(C(C)C)C(C)C. The van der Waals surface area contributed by atoms with E-state index in [0.717, 1.165) is 6.20 Å². The van der Waals surface area contributed by atoms with Gasteiger partial charge in [0.2, 0.25) is 0 Å². The van der Waals surface area contributed by atoms with Gasteiger partial charge in [-0.25, -0.2) is 9.18 Å². The molecule has 2 atom stereocenters. The zero-order valence-electron chi connectivity index (χ0n) is 20.8. The van der Waals surface area contributed by atoms with Gasteiger partial charge in [0, 0.05) is 11.8 Å². The molecule has 1 fully saturated rings. The number of hydrogen-bond acceptors (Lipinski definition) is 6. The van der Waals surface area contributed by atoms with Gasteiger partial charge in [-0.2, -0.15) is 4.98 Å². The first-order valence-electron chi connectivity index (χ1n) is 11.8. The van der Waals surface area contributed by atoms with Crippen LogP contribution in [0.2, 0.25) is 16.6 Å². The number of aromatic nitrogens is 2. The Balaban J connectivity index is 1.68. The van der Waals surface area contributed by atoms with Gasteiger partial charge in [0.05, 0.1) is 25.3 Å². The highest BCUT2D eigenvalue weighted by Gasteiger charge is 2.46. The maximum Gasteiger partial charge on any atom is 0.349 e. The Kier molecular flexibility index (Phi) is 8.89. The molecule has 0 amide bonds. The zero-order chi connectivity index (χ0) is 25.0. The van der Waals surface area contributed by atoms with Crippen molar-refractivity contribution in [2.24, 2.45) is 0 Å². The fourth-order valence-corrected chi connectivity index (χ4v) is 11.7. The Labute approximate surface area is 206 Å². The molecule has 6 nitrogen and oxygen atoms in total. The van der Waals surface area contributed by atoms with E-state index in [1.165, 1.54) is 16.3 Å². The van der Waals surface area contributed by atoms with E-state index in [1.54, 1.807) is 30.3 Å². The molecule has 1 aromatic heterocycles. The van der Waals surface area contributed by atoms with Gasteiger partial charge in [0.1, 0.15) is 10.8 Å². The minimum Gasteiger partial charge on any atom is -0.412 e. The molecule has 2 heterocycles. The van der Waals surface area contributed by atoms with Crippen molar-refractivity contribution in [2.45, 2.75) is 75.4 Å². The summed E-state index contributed by atoms with van der Waals surface area (Å²) < 4.78 is 28.6. The first kappa shape index (κ1) is 26.8. The highest BCUT2D eigenvalue weighted by atomic mass is 32.2. The lowest BCUT2D eigenvalue weighted by Crippen LogP contribution is -2.48. The number of ether oxygens (including phenoxy) is 1. The predicted molar refractivity (Wildman–Crippen MR) is 136 cm³/mol. The number of carbonyl (C=O) groups excluding carboxylic acids is 1. The number of halogens is 1. The van der Waals surface area contributed by atoms with Crippen LogP contribution in [-0.2, 0) is 15.6 Å². The van der Waals surface area contributed by atoms with Crippen LogP contribution in [0.15, 0.2) is 41.3 Å². The summed E-state index contributed by atoms with van der Waals surface area (Å²) in [6.07, 6.45) is 0.881. The van der Waals surface area contributed by atoms with Crippen LogP contribution in [0.3, 0.4) is 0 Å². The Morgan fingerprint density at radius 3 is 2.38 bits per heavy atom. The van der Waals surface area contributed by atoms with Gasteiger partial charge in [0.25, 0.3) is 0 Å². The molecule has 1 aliphatic heterocycles. The molecule has 1 saturated heterocycles. The number of benzene rings is 1.